The molecule has 0 saturated carbocycles. The molecule has 0 atom stereocenters. The van der Waals surface area contributed by atoms with Crippen LogP contribution >= 0.6 is 27.5 Å². The maximum Gasteiger partial charge on any atom is 0.166 e. The molecular weight excluding hydrogens is 312 g/mol. The van der Waals surface area contributed by atoms with Crippen LogP contribution in [0.25, 0.3) is 11.3 Å². The lowest BCUT2D eigenvalue weighted by Crippen LogP contribution is -1.89. The molecule has 0 radical (unpaired) electrons. The first kappa shape index (κ1) is 12.4. The van der Waals surface area contributed by atoms with Gasteiger partial charge in [0.2, 0.25) is 0 Å². The average molecular weight is 321 g/mol. The molecule has 2 rings (SSSR count). The van der Waals surface area contributed by atoms with Crippen LogP contribution in [0.1, 0.15) is 5.76 Å². The summed E-state index contributed by atoms with van der Waals surface area (Å²) in [5.74, 6) is 0.771. The number of benzene rings is 1. The molecular formula is C11H8BrClFNO2. The van der Waals surface area contributed by atoms with E-state index in [-0.39, 0.29) is 5.88 Å². The molecule has 1 aromatic carbocycles. The summed E-state index contributed by atoms with van der Waals surface area (Å²) in [7, 11) is 1.51. The third-order valence-electron chi connectivity index (χ3n) is 2.25. The van der Waals surface area contributed by atoms with Gasteiger partial charge in [0, 0.05) is 5.56 Å². The molecule has 0 saturated heterocycles. The molecule has 6 heteroatoms. The van der Waals surface area contributed by atoms with Crippen molar-refractivity contribution in [2.75, 3.05) is 7.11 Å². The highest BCUT2D eigenvalue weighted by molar-refractivity contribution is 9.10. The minimum absolute atomic E-state index is 0.166. The zero-order chi connectivity index (χ0) is 12.4. The zero-order valence-corrected chi connectivity index (χ0v) is 11.2. The number of methoxy groups -OCH3 is 1. The van der Waals surface area contributed by atoms with Gasteiger partial charge in [-0.25, -0.2) is 4.39 Å². The largest absolute Gasteiger partial charge is 0.497 e. The van der Waals surface area contributed by atoms with Crippen LogP contribution in [0, 0.1) is 5.82 Å². The molecule has 0 aliphatic heterocycles. The molecule has 0 unspecified atom stereocenters. The van der Waals surface area contributed by atoms with Crippen LogP contribution in [-0.2, 0) is 5.88 Å². The van der Waals surface area contributed by atoms with Gasteiger partial charge in [0.25, 0.3) is 0 Å². The summed E-state index contributed by atoms with van der Waals surface area (Å²) in [5, 5.41) is 3.79. The lowest BCUT2D eigenvalue weighted by Gasteiger charge is -2.03. The molecule has 0 bridgehead atoms. The van der Waals surface area contributed by atoms with Crippen molar-refractivity contribution < 1.29 is 13.7 Å². The number of alkyl halides is 1. The summed E-state index contributed by atoms with van der Waals surface area (Å²) >= 11 is 8.93. The van der Waals surface area contributed by atoms with E-state index in [4.69, 9.17) is 20.9 Å². The summed E-state index contributed by atoms with van der Waals surface area (Å²) in [4.78, 5) is 0. The van der Waals surface area contributed by atoms with Crippen molar-refractivity contribution >= 4 is 27.5 Å². The third kappa shape index (κ3) is 2.30. The maximum absolute atomic E-state index is 13.7. The quantitative estimate of drug-likeness (QED) is 0.802. The van der Waals surface area contributed by atoms with E-state index in [1.54, 1.807) is 6.07 Å². The van der Waals surface area contributed by atoms with Gasteiger partial charge >= 0.3 is 0 Å². The van der Waals surface area contributed by atoms with Crippen LogP contribution in [0.2, 0.25) is 0 Å². The molecule has 90 valence electrons. The highest BCUT2D eigenvalue weighted by atomic mass is 79.9. The van der Waals surface area contributed by atoms with Crippen LogP contribution in [-0.4, -0.2) is 12.3 Å². The van der Waals surface area contributed by atoms with Gasteiger partial charge in [-0.15, -0.1) is 11.6 Å². The Morgan fingerprint density at radius 3 is 2.88 bits per heavy atom. The Labute approximate surface area is 111 Å². The standard InChI is InChI=1S/C11H8BrClFNO2/c1-16-6-2-3-8(14)7(4-6)11-10(12)9(5-13)17-15-11/h2-4H,5H2,1H3. The lowest BCUT2D eigenvalue weighted by molar-refractivity contribution is 0.395. The lowest BCUT2D eigenvalue weighted by atomic mass is 10.1. The Morgan fingerprint density at radius 2 is 2.29 bits per heavy atom. The predicted molar refractivity (Wildman–Crippen MR) is 65.7 cm³/mol. The summed E-state index contributed by atoms with van der Waals surface area (Å²) < 4.78 is 24.3. The number of nitrogens with zero attached hydrogens (tertiary/aromatic N) is 1. The van der Waals surface area contributed by atoms with Crippen LogP contribution in [0.3, 0.4) is 0 Å². The number of aromatic nitrogens is 1. The van der Waals surface area contributed by atoms with Crippen LogP contribution in [0.4, 0.5) is 4.39 Å². The summed E-state index contributed by atoms with van der Waals surface area (Å²) in [6, 6.07) is 4.40. The Bertz CT molecular complexity index is 544. The summed E-state index contributed by atoms with van der Waals surface area (Å²) in [5.41, 5.74) is 0.674. The minimum Gasteiger partial charge on any atom is -0.497 e. The maximum atomic E-state index is 13.7. The van der Waals surface area contributed by atoms with Crippen LogP contribution < -0.4 is 4.74 Å². The molecule has 1 heterocycles. The average Bonchev–Trinajstić information content (AvgIpc) is 2.71. The van der Waals surface area contributed by atoms with Crippen molar-refractivity contribution in [3.63, 3.8) is 0 Å². The van der Waals surface area contributed by atoms with Crippen LogP contribution in [0.5, 0.6) is 5.75 Å². The number of ether oxygens (including phenoxy) is 1. The number of hydrogen-bond acceptors (Lipinski definition) is 3. The van der Waals surface area contributed by atoms with Crippen molar-refractivity contribution in [1.82, 2.24) is 5.16 Å². The van der Waals surface area contributed by atoms with E-state index in [9.17, 15) is 4.39 Å². The SMILES string of the molecule is COc1ccc(F)c(-c2noc(CCl)c2Br)c1. The number of halogens is 3. The smallest absolute Gasteiger partial charge is 0.166 e. The molecule has 0 amide bonds. The van der Waals surface area contributed by atoms with Gasteiger partial charge in [-0.1, -0.05) is 5.16 Å². The second kappa shape index (κ2) is 5.06. The van der Waals surface area contributed by atoms with E-state index in [0.717, 1.165) is 0 Å². The van der Waals surface area contributed by atoms with Gasteiger partial charge in [0.15, 0.2) is 5.76 Å². The first-order valence-electron chi connectivity index (χ1n) is 4.71. The number of hydrogen-bond donors (Lipinski definition) is 0. The fraction of sp³-hybridized carbons (Fsp3) is 0.182. The van der Waals surface area contributed by atoms with Gasteiger partial charge in [-0.3, -0.25) is 0 Å². The van der Waals surface area contributed by atoms with Gasteiger partial charge in [-0.2, -0.15) is 0 Å². The molecule has 1 aromatic heterocycles. The van der Waals surface area contributed by atoms with Crippen molar-refractivity contribution in [2.24, 2.45) is 0 Å². The zero-order valence-electron chi connectivity index (χ0n) is 8.84. The van der Waals surface area contributed by atoms with E-state index in [2.05, 4.69) is 21.1 Å². The van der Waals surface area contributed by atoms with E-state index in [0.29, 0.717) is 27.2 Å². The Kier molecular flexibility index (Phi) is 3.69. The molecule has 2 aromatic rings. The molecule has 0 spiro atoms. The monoisotopic (exact) mass is 319 g/mol. The van der Waals surface area contributed by atoms with Crippen molar-refractivity contribution in [1.29, 1.82) is 0 Å². The first-order chi connectivity index (χ1) is 8.17. The van der Waals surface area contributed by atoms with Gasteiger partial charge in [0.1, 0.15) is 17.3 Å². The molecule has 0 N–H and O–H groups in total. The van der Waals surface area contributed by atoms with Crippen LogP contribution in [0.15, 0.2) is 27.2 Å². The highest BCUT2D eigenvalue weighted by Gasteiger charge is 2.18. The van der Waals surface area contributed by atoms with E-state index < -0.39 is 5.82 Å². The molecule has 0 fully saturated rings. The molecule has 17 heavy (non-hydrogen) atoms. The molecule has 0 aliphatic rings. The Morgan fingerprint density at radius 1 is 1.53 bits per heavy atom. The Balaban J connectivity index is 2.55. The van der Waals surface area contributed by atoms with E-state index >= 15 is 0 Å². The fourth-order valence-electron chi connectivity index (χ4n) is 1.38. The second-order valence-electron chi connectivity index (χ2n) is 3.25. The summed E-state index contributed by atoms with van der Waals surface area (Å²) in [6.45, 7) is 0. The fourth-order valence-corrected chi connectivity index (χ4v) is 2.22. The van der Waals surface area contributed by atoms with Gasteiger partial charge in [0.05, 0.1) is 17.5 Å². The molecule has 0 aliphatic carbocycles. The number of rotatable bonds is 3. The van der Waals surface area contributed by atoms with E-state index in [1.165, 1.54) is 19.2 Å². The second-order valence-corrected chi connectivity index (χ2v) is 4.31. The Hall–Kier alpha value is -1.07. The van der Waals surface area contributed by atoms with Crippen molar-refractivity contribution in [2.45, 2.75) is 5.88 Å². The van der Waals surface area contributed by atoms with E-state index in [1.807, 2.05) is 0 Å². The normalized spacial score (nSPS) is 10.6. The van der Waals surface area contributed by atoms with Gasteiger partial charge in [-0.05, 0) is 34.1 Å². The third-order valence-corrected chi connectivity index (χ3v) is 3.31. The van der Waals surface area contributed by atoms with Crippen molar-refractivity contribution in [3.8, 4) is 17.0 Å². The molecule has 3 nitrogen and oxygen atoms in total. The summed E-state index contributed by atoms with van der Waals surface area (Å²) in [6.07, 6.45) is 0. The first-order valence-corrected chi connectivity index (χ1v) is 6.04. The van der Waals surface area contributed by atoms with Crippen molar-refractivity contribution in [3.05, 3.63) is 34.2 Å². The topological polar surface area (TPSA) is 35.3 Å². The minimum atomic E-state index is -0.402. The van der Waals surface area contributed by atoms with Gasteiger partial charge < -0.3 is 9.26 Å². The highest BCUT2D eigenvalue weighted by Crippen LogP contribution is 2.34. The predicted octanol–water partition coefficient (Wildman–Crippen LogP) is 3.99.